The van der Waals surface area contributed by atoms with Gasteiger partial charge in [-0.1, -0.05) is 23.7 Å². The number of hydrogen-bond donors (Lipinski definition) is 3. The van der Waals surface area contributed by atoms with Crippen LogP contribution in [0.1, 0.15) is 20.7 Å². The molecule has 0 spiro atoms. The Labute approximate surface area is 188 Å². The van der Waals surface area contributed by atoms with E-state index in [1.807, 2.05) is 0 Å². The Morgan fingerprint density at radius 3 is 2.35 bits per heavy atom. The molecule has 0 saturated carbocycles. The standard InChI is InChI=1S/C22H17ClFN3O3S/c1-30-19-12-15(25-22(31)27-20(28)13-6-8-14(24)9-7-13)10-11-18(19)26-21(29)16-4-2-3-5-17(16)23/h2-12H,1H3,(H,26,29)(H2,25,27,28,31). The molecule has 158 valence electrons. The highest BCUT2D eigenvalue weighted by Gasteiger charge is 2.14. The number of benzene rings is 3. The maximum Gasteiger partial charge on any atom is 0.257 e. The Hall–Kier alpha value is -3.49. The van der Waals surface area contributed by atoms with Crippen LogP contribution in [-0.2, 0) is 0 Å². The van der Waals surface area contributed by atoms with Crippen LogP contribution in [0.2, 0.25) is 5.02 Å². The molecule has 0 saturated heterocycles. The lowest BCUT2D eigenvalue weighted by molar-refractivity contribution is 0.0976. The zero-order chi connectivity index (χ0) is 22.4. The van der Waals surface area contributed by atoms with Crippen LogP contribution in [0.25, 0.3) is 0 Å². The first-order valence-corrected chi connectivity index (χ1v) is 9.78. The molecule has 9 heteroatoms. The molecule has 0 unspecified atom stereocenters. The van der Waals surface area contributed by atoms with Crippen LogP contribution >= 0.6 is 23.8 Å². The van der Waals surface area contributed by atoms with E-state index in [0.29, 0.717) is 27.7 Å². The molecule has 0 aliphatic rings. The molecule has 0 fully saturated rings. The van der Waals surface area contributed by atoms with Crippen molar-refractivity contribution in [3.05, 3.63) is 88.7 Å². The summed E-state index contributed by atoms with van der Waals surface area (Å²) in [6.45, 7) is 0. The SMILES string of the molecule is COc1cc(NC(=S)NC(=O)c2ccc(F)cc2)ccc1NC(=O)c1ccccc1Cl. The number of nitrogens with one attached hydrogen (secondary N) is 3. The Morgan fingerprint density at radius 2 is 1.68 bits per heavy atom. The fraction of sp³-hybridized carbons (Fsp3) is 0.0455. The number of carbonyl (C=O) groups excluding carboxylic acids is 2. The van der Waals surface area contributed by atoms with Crippen molar-refractivity contribution in [1.82, 2.24) is 5.32 Å². The van der Waals surface area contributed by atoms with Gasteiger partial charge in [-0.25, -0.2) is 4.39 Å². The fourth-order valence-corrected chi connectivity index (χ4v) is 3.08. The lowest BCUT2D eigenvalue weighted by Gasteiger charge is -2.14. The van der Waals surface area contributed by atoms with E-state index in [-0.39, 0.29) is 16.6 Å². The van der Waals surface area contributed by atoms with Crippen molar-refractivity contribution in [1.29, 1.82) is 0 Å². The number of thiocarbonyl (C=S) groups is 1. The van der Waals surface area contributed by atoms with Gasteiger partial charge in [0.25, 0.3) is 11.8 Å². The fourth-order valence-electron chi connectivity index (χ4n) is 2.65. The Kier molecular flexibility index (Phi) is 7.17. The molecular formula is C22H17ClFN3O3S. The monoisotopic (exact) mass is 457 g/mol. The third-order valence-electron chi connectivity index (χ3n) is 4.16. The molecule has 3 aromatic rings. The van der Waals surface area contributed by atoms with Crippen LogP contribution in [0.15, 0.2) is 66.7 Å². The average Bonchev–Trinajstić information content (AvgIpc) is 2.75. The van der Waals surface area contributed by atoms with Gasteiger partial charge in [0.2, 0.25) is 0 Å². The third kappa shape index (κ3) is 5.78. The van der Waals surface area contributed by atoms with E-state index in [4.69, 9.17) is 28.6 Å². The summed E-state index contributed by atoms with van der Waals surface area (Å²) < 4.78 is 18.3. The number of rotatable bonds is 5. The Morgan fingerprint density at radius 1 is 0.968 bits per heavy atom. The first-order valence-electron chi connectivity index (χ1n) is 8.99. The van der Waals surface area contributed by atoms with Crippen molar-refractivity contribution < 1.29 is 18.7 Å². The second kappa shape index (κ2) is 10.0. The molecule has 0 radical (unpaired) electrons. The van der Waals surface area contributed by atoms with Crippen LogP contribution in [0.5, 0.6) is 5.75 Å². The predicted molar refractivity (Wildman–Crippen MR) is 122 cm³/mol. The summed E-state index contributed by atoms with van der Waals surface area (Å²) in [7, 11) is 1.46. The average molecular weight is 458 g/mol. The summed E-state index contributed by atoms with van der Waals surface area (Å²) in [5, 5.41) is 8.50. The van der Waals surface area contributed by atoms with Gasteiger partial charge in [-0.15, -0.1) is 0 Å². The number of ether oxygens (including phenoxy) is 1. The minimum Gasteiger partial charge on any atom is -0.494 e. The molecular weight excluding hydrogens is 441 g/mol. The second-order valence-corrected chi connectivity index (χ2v) is 7.08. The number of amides is 2. The minimum atomic E-state index is -0.479. The zero-order valence-electron chi connectivity index (χ0n) is 16.2. The summed E-state index contributed by atoms with van der Waals surface area (Å²) in [4.78, 5) is 24.7. The number of anilines is 2. The van der Waals surface area contributed by atoms with Gasteiger partial charge in [0.15, 0.2) is 5.11 Å². The van der Waals surface area contributed by atoms with E-state index in [9.17, 15) is 14.0 Å². The van der Waals surface area contributed by atoms with Crippen LogP contribution in [0.4, 0.5) is 15.8 Å². The minimum absolute atomic E-state index is 0.0456. The molecule has 0 bridgehead atoms. The summed E-state index contributed by atoms with van der Waals surface area (Å²) >= 11 is 11.2. The van der Waals surface area contributed by atoms with E-state index in [1.54, 1.807) is 42.5 Å². The summed E-state index contributed by atoms with van der Waals surface area (Å²) in [6.07, 6.45) is 0. The number of halogens is 2. The van der Waals surface area contributed by atoms with Crippen molar-refractivity contribution >= 4 is 52.1 Å². The normalized spacial score (nSPS) is 10.2. The quantitative estimate of drug-likeness (QED) is 0.476. The smallest absolute Gasteiger partial charge is 0.257 e. The molecule has 0 atom stereocenters. The lowest BCUT2D eigenvalue weighted by atomic mass is 10.2. The first-order chi connectivity index (χ1) is 14.9. The van der Waals surface area contributed by atoms with E-state index >= 15 is 0 Å². The molecule has 0 heterocycles. The van der Waals surface area contributed by atoms with E-state index in [1.165, 1.54) is 31.4 Å². The maximum atomic E-state index is 13.0. The summed E-state index contributed by atoms with van der Waals surface area (Å²) in [6, 6.07) is 16.7. The van der Waals surface area contributed by atoms with Crippen molar-refractivity contribution in [2.24, 2.45) is 0 Å². The van der Waals surface area contributed by atoms with Gasteiger partial charge in [0.05, 0.1) is 23.4 Å². The molecule has 3 rings (SSSR count). The molecule has 3 N–H and O–H groups in total. The number of hydrogen-bond acceptors (Lipinski definition) is 4. The van der Waals surface area contributed by atoms with Gasteiger partial charge in [0.1, 0.15) is 11.6 Å². The van der Waals surface area contributed by atoms with Crippen molar-refractivity contribution in [3.8, 4) is 5.75 Å². The highest BCUT2D eigenvalue weighted by molar-refractivity contribution is 7.80. The predicted octanol–water partition coefficient (Wildman–Crippen LogP) is 4.87. The summed E-state index contributed by atoms with van der Waals surface area (Å²) in [5.41, 5.74) is 1.55. The highest BCUT2D eigenvalue weighted by Crippen LogP contribution is 2.29. The van der Waals surface area contributed by atoms with Crippen molar-refractivity contribution in [2.45, 2.75) is 0 Å². The Bertz CT molecular complexity index is 1140. The topological polar surface area (TPSA) is 79.5 Å². The largest absolute Gasteiger partial charge is 0.494 e. The van der Waals surface area contributed by atoms with Crippen molar-refractivity contribution in [2.75, 3.05) is 17.7 Å². The number of methoxy groups -OCH3 is 1. The van der Waals surface area contributed by atoms with Crippen LogP contribution < -0.4 is 20.7 Å². The van der Waals surface area contributed by atoms with Gasteiger partial charge < -0.3 is 15.4 Å². The third-order valence-corrected chi connectivity index (χ3v) is 4.69. The van der Waals surface area contributed by atoms with E-state index in [0.717, 1.165) is 0 Å². The molecule has 0 aliphatic carbocycles. The maximum absolute atomic E-state index is 13.0. The molecule has 0 aliphatic heterocycles. The molecule has 31 heavy (non-hydrogen) atoms. The molecule has 3 aromatic carbocycles. The lowest BCUT2D eigenvalue weighted by Crippen LogP contribution is -2.34. The highest BCUT2D eigenvalue weighted by atomic mass is 35.5. The number of carbonyl (C=O) groups is 2. The van der Waals surface area contributed by atoms with Crippen LogP contribution in [0, 0.1) is 5.82 Å². The van der Waals surface area contributed by atoms with Gasteiger partial charge >= 0.3 is 0 Å². The van der Waals surface area contributed by atoms with Crippen LogP contribution in [0.3, 0.4) is 0 Å². The zero-order valence-corrected chi connectivity index (χ0v) is 17.8. The van der Waals surface area contributed by atoms with E-state index in [2.05, 4.69) is 16.0 Å². The first kappa shape index (κ1) is 22.2. The molecule has 2 amide bonds. The van der Waals surface area contributed by atoms with Gasteiger partial charge in [-0.05, 0) is 60.7 Å². The van der Waals surface area contributed by atoms with Crippen LogP contribution in [-0.4, -0.2) is 24.0 Å². The van der Waals surface area contributed by atoms with Crippen molar-refractivity contribution in [3.63, 3.8) is 0 Å². The van der Waals surface area contributed by atoms with Gasteiger partial charge in [-0.3, -0.25) is 14.9 Å². The van der Waals surface area contributed by atoms with Gasteiger partial charge in [0, 0.05) is 17.3 Å². The molecule has 6 nitrogen and oxygen atoms in total. The second-order valence-electron chi connectivity index (χ2n) is 6.26. The van der Waals surface area contributed by atoms with Gasteiger partial charge in [-0.2, -0.15) is 0 Å². The Balaban J connectivity index is 1.67. The summed E-state index contributed by atoms with van der Waals surface area (Å²) in [5.74, 6) is -0.927. The van der Waals surface area contributed by atoms with E-state index < -0.39 is 11.7 Å². The molecule has 0 aromatic heterocycles.